The van der Waals surface area contributed by atoms with Gasteiger partial charge in [0.05, 0.1) is 12.0 Å². The van der Waals surface area contributed by atoms with Crippen molar-refractivity contribution in [3.63, 3.8) is 0 Å². The minimum Gasteiger partial charge on any atom is -0.496 e. The topological polar surface area (TPSA) is 47.0 Å². The van der Waals surface area contributed by atoms with Gasteiger partial charge in [-0.25, -0.2) is 9.97 Å². The molecule has 106 valence electrons. The van der Waals surface area contributed by atoms with Gasteiger partial charge in [-0.1, -0.05) is 37.7 Å². The van der Waals surface area contributed by atoms with E-state index in [1.807, 2.05) is 37.4 Å². The molecule has 0 radical (unpaired) electrons. The number of nitrogens with zero attached hydrogens (tertiary/aromatic N) is 2. The SMILES string of the molecule is CNc1cc(Sc2ccccc2OC)nc(C(C)C)n1. The Balaban J connectivity index is 2.35. The molecular formula is C15H19N3OS. The molecule has 0 atom stereocenters. The molecule has 0 saturated heterocycles. The van der Waals surface area contributed by atoms with Crippen LogP contribution >= 0.6 is 11.8 Å². The zero-order valence-electron chi connectivity index (χ0n) is 12.2. The summed E-state index contributed by atoms with van der Waals surface area (Å²) in [6.07, 6.45) is 0. The van der Waals surface area contributed by atoms with Gasteiger partial charge in [0, 0.05) is 19.0 Å². The molecule has 0 saturated carbocycles. The summed E-state index contributed by atoms with van der Waals surface area (Å²) < 4.78 is 5.37. The molecule has 0 spiro atoms. The molecule has 0 fully saturated rings. The molecule has 2 rings (SSSR count). The number of anilines is 1. The van der Waals surface area contributed by atoms with E-state index in [2.05, 4.69) is 29.1 Å². The number of ether oxygens (including phenoxy) is 1. The standard InChI is InChI=1S/C15H19N3OS/c1-10(2)15-17-13(16-3)9-14(18-15)20-12-8-6-5-7-11(12)19-4/h5-10H,1-4H3,(H,16,17,18). The molecular weight excluding hydrogens is 270 g/mol. The summed E-state index contributed by atoms with van der Waals surface area (Å²) in [6.45, 7) is 4.18. The van der Waals surface area contributed by atoms with Crippen molar-refractivity contribution >= 4 is 17.6 Å². The molecule has 1 aromatic carbocycles. The van der Waals surface area contributed by atoms with Gasteiger partial charge in [0.25, 0.3) is 0 Å². The highest BCUT2D eigenvalue weighted by Crippen LogP contribution is 2.34. The summed E-state index contributed by atoms with van der Waals surface area (Å²) in [7, 11) is 3.54. The lowest BCUT2D eigenvalue weighted by atomic mass is 10.2. The van der Waals surface area contributed by atoms with Crippen LogP contribution in [0.3, 0.4) is 0 Å². The molecule has 0 aliphatic rings. The van der Waals surface area contributed by atoms with Crippen LogP contribution in [0.15, 0.2) is 40.3 Å². The fourth-order valence-corrected chi connectivity index (χ4v) is 2.63. The van der Waals surface area contributed by atoms with Crippen LogP contribution in [0.4, 0.5) is 5.82 Å². The highest BCUT2D eigenvalue weighted by Gasteiger charge is 2.10. The molecule has 0 unspecified atom stereocenters. The van der Waals surface area contributed by atoms with E-state index in [9.17, 15) is 0 Å². The number of hydrogen-bond acceptors (Lipinski definition) is 5. The first-order chi connectivity index (χ1) is 9.63. The van der Waals surface area contributed by atoms with Crippen molar-refractivity contribution in [1.82, 2.24) is 9.97 Å². The second-order valence-electron chi connectivity index (χ2n) is 4.61. The zero-order chi connectivity index (χ0) is 14.5. The molecule has 0 aliphatic carbocycles. The van der Waals surface area contributed by atoms with E-state index in [-0.39, 0.29) is 0 Å². The Kier molecular flexibility index (Phi) is 4.84. The maximum Gasteiger partial charge on any atom is 0.134 e. The Morgan fingerprint density at radius 3 is 2.60 bits per heavy atom. The predicted molar refractivity (Wildman–Crippen MR) is 82.8 cm³/mol. The largest absolute Gasteiger partial charge is 0.496 e. The van der Waals surface area contributed by atoms with Crippen molar-refractivity contribution in [2.75, 3.05) is 19.5 Å². The van der Waals surface area contributed by atoms with Gasteiger partial charge in [0.2, 0.25) is 0 Å². The normalized spacial score (nSPS) is 10.7. The number of para-hydroxylation sites is 1. The van der Waals surface area contributed by atoms with Crippen molar-refractivity contribution < 1.29 is 4.74 Å². The van der Waals surface area contributed by atoms with Crippen molar-refractivity contribution in [1.29, 1.82) is 0 Å². The van der Waals surface area contributed by atoms with Crippen LogP contribution < -0.4 is 10.1 Å². The molecule has 1 heterocycles. The number of rotatable bonds is 5. The summed E-state index contributed by atoms with van der Waals surface area (Å²) in [5.74, 6) is 2.82. The third kappa shape index (κ3) is 3.42. The van der Waals surface area contributed by atoms with Gasteiger partial charge < -0.3 is 10.1 Å². The maximum absolute atomic E-state index is 5.37. The van der Waals surface area contributed by atoms with E-state index in [0.29, 0.717) is 5.92 Å². The quantitative estimate of drug-likeness (QED) is 0.848. The van der Waals surface area contributed by atoms with E-state index in [4.69, 9.17) is 4.74 Å². The van der Waals surface area contributed by atoms with Crippen LogP contribution in [0.25, 0.3) is 0 Å². The lowest BCUT2D eigenvalue weighted by molar-refractivity contribution is 0.405. The van der Waals surface area contributed by atoms with E-state index in [1.165, 1.54) is 0 Å². The van der Waals surface area contributed by atoms with Crippen LogP contribution in [0.5, 0.6) is 5.75 Å². The highest BCUT2D eigenvalue weighted by molar-refractivity contribution is 7.99. The van der Waals surface area contributed by atoms with E-state index < -0.39 is 0 Å². The van der Waals surface area contributed by atoms with Gasteiger partial charge in [-0.3, -0.25) is 0 Å². The molecule has 20 heavy (non-hydrogen) atoms. The first-order valence-electron chi connectivity index (χ1n) is 6.51. The predicted octanol–water partition coefficient (Wildman–Crippen LogP) is 3.80. The lowest BCUT2D eigenvalue weighted by Gasteiger charge is -2.11. The van der Waals surface area contributed by atoms with Gasteiger partial charge in [-0.2, -0.15) is 0 Å². The smallest absolute Gasteiger partial charge is 0.134 e. The first-order valence-corrected chi connectivity index (χ1v) is 7.33. The summed E-state index contributed by atoms with van der Waals surface area (Å²) in [5, 5.41) is 4.00. The molecule has 2 aromatic rings. The number of methoxy groups -OCH3 is 1. The van der Waals surface area contributed by atoms with Crippen LogP contribution in [0, 0.1) is 0 Å². The summed E-state index contributed by atoms with van der Waals surface area (Å²) in [6, 6.07) is 9.88. The number of benzene rings is 1. The number of hydrogen-bond donors (Lipinski definition) is 1. The fraction of sp³-hybridized carbons (Fsp3) is 0.333. The number of nitrogens with one attached hydrogen (secondary N) is 1. The number of aromatic nitrogens is 2. The van der Waals surface area contributed by atoms with Gasteiger partial charge in [-0.05, 0) is 12.1 Å². The lowest BCUT2D eigenvalue weighted by Crippen LogP contribution is -2.02. The molecule has 4 nitrogen and oxygen atoms in total. The van der Waals surface area contributed by atoms with Crippen LogP contribution in [0.2, 0.25) is 0 Å². The van der Waals surface area contributed by atoms with E-state index >= 15 is 0 Å². The Hall–Kier alpha value is -1.75. The Morgan fingerprint density at radius 2 is 1.95 bits per heavy atom. The second kappa shape index (κ2) is 6.61. The van der Waals surface area contributed by atoms with Crippen LogP contribution in [-0.4, -0.2) is 24.1 Å². The molecule has 0 bridgehead atoms. The zero-order valence-corrected chi connectivity index (χ0v) is 13.0. The minimum atomic E-state index is 0.292. The molecule has 0 aliphatic heterocycles. The molecule has 1 aromatic heterocycles. The average molecular weight is 289 g/mol. The van der Waals surface area contributed by atoms with Gasteiger partial charge in [-0.15, -0.1) is 0 Å². The van der Waals surface area contributed by atoms with Crippen molar-refractivity contribution in [3.8, 4) is 5.75 Å². The molecule has 0 amide bonds. The van der Waals surface area contributed by atoms with Crippen LogP contribution in [-0.2, 0) is 0 Å². The Morgan fingerprint density at radius 1 is 1.20 bits per heavy atom. The summed E-state index contributed by atoms with van der Waals surface area (Å²) in [5.41, 5.74) is 0. The monoisotopic (exact) mass is 289 g/mol. The third-order valence-corrected chi connectivity index (χ3v) is 3.75. The van der Waals surface area contributed by atoms with Crippen molar-refractivity contribution in [2.24, 2.45) is 0 Å². The van der Waals surface area contributed by atoms with Gasteiger partial charge in [0.1, 0.15) is 22.4 Å². The maximum atomic E-state index is 5.37. The average Bonchev–Trinajstić information content (AvgIpc) is 2.47. The Labute approximate surface area is 124 Å². The van der Waals surface area contributed by atoms with Gasteiger partial charge in [0.15, 0.2) is 0 Å². The fourth-order valence-electron chi connectivity index (χ4n) is 1.70. The van der Waals surface area contributed by atoms with Gasteiger partial charge >= 0.3 is 0 Å². The summed E-state index contributed by atoms with van der Waals surface area (Å²) >= 11 is 1.58. The van der Waals surface area contributed by atoms with E-state index in [0.717, 1.165) is 27.3 Å². The first kappa shape index (κ1) is 14.7. The van der Waals surface area contributed by atoms with E-state index in [1.54, 1.807) is 18.9 Å². The Bertz CT molecular complexity index is 587. The third-order valence-electron chi connectivity index (χ3n) is 2.78. The summed E-state index contributed by atoms with van der Waals surface area (Å²) in [4.78, 5) is 10.1. The highest BCUT2D eigenvalue weighted by atomic mass is 32.2. The minimum absolute atomic E-state index is 0.292. The second-order valence-corrected chi connectivity index (χ2v) is 5.67. The van der Waals surface area contributed by atoms with Crippen molar-refractivity contribution in [2.45, 2.75) is 29.7 Å². The molecule has 5 heteroatoms. The van der Waals surface area contributed by atoms with Crippen LogP contribution in [0.1, 0.15) is 25.6 Å². The van der Waals surface area contributed by atoms with Crippen molar-refractivity contribution in [3.05, 3.63) is 36.2 Å². The molecule has 1 N–H and O–H groups in total.